The van der Waals surface area contributed by atoms with Gasteiger partial charge in [0.05, 0.1) is 5.52 Å². The molecule has 1 heterocycles. The van der Waals surface area contributed by atoms with Crippen molar-refractivity contribution in [3.63, 3.8) is 0 Å². The first-order valence-corrected chi connectivity index (χ1v) is 9.03. The quantitative estimate of drug-likeness (QED) is 0.378. The number of hydrogen-bond acceptors (Lipinski definition) is 4. The fourth-order valence-corrected chi connectivity index (χ4v) is 2.93. The number of alkyl halides is 3. The monoisotopic (exact) mass is 447 g/mol. The van der Waals surface area contributed by atoms with Gasteiger partial charge in [0.25, 0.3) is 5.91 Å². The molecule has 0 bridgehead atoms. The summed E-state index contributed by atoms with van der Waals surface area (Å²) in [5.74, 6) is -2.48. The Labute approximate surface area is 176 Å². The first kappa shape index (κ1) is 21.0. The lowest BCUT2D eigenvalue weighted by Crippen LogP contribution is -2.19. The second-order valence-corrected chi connectivity index (χ2v) is 6.53. The summed E-state index contributed by atoms with van der Waals surface area (Å²) >= 11 is 0. The highest BCUT2D eigenvalue weighted by atomic mass is 19.4. The Kier molecular flexibility index (Phi) is 5.31. The Morgan fingerprint density at radius 2 is 1.72 bits per heavy atom. The number of imidazole rings is 1. The van der Waals surface area contributed by atoms with E-state index in [0.717, 1.165) is 6.07 Å². The van der Waals surface area contributed by atoms with Gasteiger partial charge in [-0.2, -0.15) is 0 Å². The molecule has 3 aromatic carbocycles. The second-order valence-electron chi connectivity index (χ2n) is 6.53. The summed E-state index contributed by atoms with van der Waals surface area (Å²) in [6.45, 7) is 0. The predicted octanol–water partition coefficient (Wildman–Crippen LogP) is 4.94. The van der Waals surface area contributed by atoms with E-state index in [1.807, 2.05) is 0 Å². The maximum atomic E-state index is 13.6. The highest BCUT2D eigenvalue weighted by molar-refractivity contribution is 6.04. The maximum absolute atomic E-state index is 13.6. The van der Waals surface area contributed by atoms with E-state index in [2.05, 4.69) is 20.0 Å². The van der Waals surface area contributed by atoms with Crippen LogP contribution in [-0.2, 0) is 0 Å². The Bertz CT molecular complexity index is 1360. The van der Waals surface area contributed by atoms with Gasteiger partial charge in [0.1, 0.15) is 11.3 Å². The summed E-state index contributed by atoms with van der Waals surface area (Å²) in [5, 5.41) is 2.49. The molecule has 4 aromatic rings. The SMILES string of the molecule is O=C(Nc1cccc(Oc2cccc3[nH]c(=O)[nH]c23)c1)c1ccc(F)c(OC(F)(F)F)c1. The Morgan fingerprint density at radius 1 is 0.938 bits per heavy atom. The lowest BCUT2D eigenvalue weighted by Gasteiger charge is -2.12. The number of benzene rings is 3. The van der Waals surface area contributed by atoms with E-state index in [4.69, 9.17) is 4.74 Å². The summed E-state index contributed by atoms with van der Waals surface area (Å²) in [7, 11) is 0. The number of anilines is 1. The molecule has 1 amide bonds. The third-order valence-corrected chi connectivity index (χ3v) is 4.25. The third-order valence-electron chi connectivity index (χ3n) is 4.25. The first-order valence-electron chi connectivity index (χ1n) is 9.03. The van der Waals surface area contributed by atoms with Gasteiger partial charge >= 0.3 is 12.1 Å². The standard InChI is InChI=1S/C21H13F4N3O4/c22-14-8-7-11(9-17(14)32-21(23,24)25)19(29)26-12-3-1-4-13(10-12)31-16-6-2-5-15-18(16)28-20(30)27-15/h1-10H,(H,26,29)(H2,27,28,30). The van der Waals surface area contributed by atoms with Crippen LogP contribution in [0.1, 0.15) is 10.4 Å². The second kappa shape index (κ2) is 8.10. The Hall–Kier alpha value is -4.28. The number of ether oxygens (including phenoxy) is 2. The van der Waals surface area contributed by atoms with Gasteiger partial charge < -0.3 is 24.8 Å². The van der Waals surface area contributed by atoms with E-state index in [9.17, 15) is 27.2 Å². The van der Waals surface area contributed by atoms with Crippen molar-refractivity contribution in [1.82, 2.24) is 9.97 Å². The summed E-state index contributed by atoms with van der Waals surface area (Å²) < 4.78 is 60.1. The van der Waals surface area contributed by atoms with Gasteiger partial charge in [0.15, 0.2) is 17.3 Å². The molecule has 0 atom stereocenters. The van der Waals surface area contributed by atoms with Crippen LogP contribution < -0.4 is 20.5 Å². The number of amides is 1. The fraction of sp³-hybridized carbons (Fsp3) is 0.0476. The van der Waals surface area contributed by atoms with Crippen molar-refractivity contribution < 1.29 is 31.8 Å². The van der Waals surface area contributed by atoms with Crippen molar-refractivity contribution in [2.45, 2.75) is 6.36 Å². The summed E-state index contributed by atoms with van der Waals surface area (Å²) in [4.78, 5) is 29.2. The number of aromatic nitrogens is 2. The lowest BCUT2D eigenvalue weighted by molar-refractivity contribution is -0.275. The van der Waals surface area contributed by atoms with Crippen molar-refractivity contribution in [3.8, 4) is 17.2 Å². The van der Waals surface area contributed by atoms with E-state index in [-0.39, 0.29) is 11.3 Å². The number of carbonyl (C=O) groups is 1. The van der Waals surface area contributed by atoms with Crippen LogP contribution in [0.5, 0.6) is 17.2 Å². The van der Waals surface area contributed by atoms with E-state index in [1.54, 1.807) is 30.3 Å². The lowest BCUT2D eigenvalue weighted by atomic mass is 10.2. The molecule has 0 saturated carbocycles. The van der Waals surface area contributed by atoms with Gasteiger partial charge in [0, 0.05) is 17.3 Å². The van der Waals surface area contributed by atoms with Crippen molar-refractivity contribution in [3.05, 3.63) is 82.5 Å². The topological polar surface area (TPSA) is 96.2 Å². The van der Waals surface area contributed by atoms with E-state index >= 15 is 0 Å². The number of fused-ring (bicyclic) bond motifs is 1. The largest absolute Gasteiger partial charge is 0.573 e. The average molecular weight is 447 g/mol. The minimum absolute atomic E-state index is 0.244. The highest BCUT2D eigenvalue weighted by Gasteiger charge is 2.32. The van der Waals surface area contributed by atoms with Gasteiger partial charge in [-0.1, -0.05) is 12.1 Å². The van der Waals surface area contributed by atoms with Crippen LogP contribution in [-0.4, -0.2) is 22.2 Å². The van der Waals surface area contributed by atoms with Crippen LogP contribution in [0.25, 0.3) is 11.0 Å². The first-order chi connectivity index (χ1) is 15.2. The number of H-pyrrole nitrogens is 2. The molecule has 0 aliphatic heterocycles. The predicted molar refractivity (Wildman–Crippen MR) is 106 cm³/mol. The molecular weight excluding hydrogens is 434 g/mol. The normalized spacial score (nSPS) is 11.4. The summed E-state index contributed by atoms with van der Waals surface area (Å²) in [6, 6.07) is 13.6. The summed E-state index contributed by atoms with van der Waals surface area (Å²) in [6.07, 6.45) is -5.10. The molecule has 3 N–H and O–H groups in total. The molecule has 1 aromatic heterocycles. The number of carbonyl (C=O) groups excluding carboxylic acids is 1. The van der Waals surface area contributed by atoms with E-state index < -0.39 is 29.5 Å². The molecule has 0 aliphatic carbocycles. The smallest absolute Gasteiger partial charge is 0.455 e. The minimum Gasteiger partial charge on any atom is -0.455 e. The number of nitrogens with one attached hydrogen (secondary N) is 3. The zero-order chi connectivity index (χ0) is 22.9. The molecule has 0 radical (unpaired) electrons. The van der Waals surface area contributed by atoms with Crippen molar-refractivity contribution >= 4 is 22.6 Å². The van der Waals surface area contributed by atoms with Crippen LogP contribution in [0.4, 0.5) is 23.2 Å². The van der Waals surface area contributed by atoms with Crippen molar-refractivity contribution in [1.29, 1.82) is 0 Å². The number of halogens is 4. The molecule has 0 saturated heterocycles. The van der Waals surface area contributed by atoms with Crippen LogP contribution in [0, 0.1) is 5.82 Å². The molecule has 0 unspecified atom stereocenters. The number of aromatic amines is 2. The average Bonchev–Trinajstić information content (AvgIpc) is 3.10. The van der Waals surface area contributed by atoms with E-state index in [0.29, 0.717) is 34.7 Å². The number of para-hydroxylation sites is 1. The summed E-state index contributed by atoms with van der Waals surface area (Å²) in [5.41, 5.74) is 0.627. The Balaban J connectivity index is 1.53. The van der Waals surface area contributed by atoms with Gasteiger partial charge in [-0.05, 0) is 42.5 Å². The minimum atomic E-state index is -5.10. The molecule has 7 nitrogen and oxygen atoms in total. The number of rotatable bonds is 5. The molecule has 0 fully saturated rings. The van der Waals surface area contributed by atoms with Crippen LogP contribution in [0.15, 0.2) is 65.5 Å². The van der Waals surface area contributed by atoms with Gasteiger partial charge in [0.2, 0.25) is 0 Å². The van der Waals surface area contributed by atoms with Crippen LogP contribution in [0.3, 0.4) is 0 Å². The molecular formula is C21H13F4N3O4. The number of hydrogen-bond donors (Lipinski definition) is 3. The fourth-order valence-electron chi connectivity index (χ4n) is 2.93. The van der Waals surface area contributed by atoms with Crippen LogP contribution in [0.2, 0.25) is 0 Å². The zero-order valence-electron chi connectivity index (χ0n) is 15.9. The van der Waals surface area contributed by atoms with Crippen molar-refractivity contribution in [2.75, 3.05) is 5.32 Å². The molecule has 0 spiro atoms. The maximum Gasteiger partial charge on any atom is 0.573 e. The van der Waals surface area contributed by atoms with Gasteiger partial charge in [-0.3, -0.25) is 4.79 Å². The van der Waals surface area contributed by atoms with Gasteiger partial charge in [-0.25, -0.2) is 9.18 Å². The zero-order valence-corrected chi connectivity index (χ0v) is 15.9. The molecule has 32 heavy (non-hydrogen) atoms. The molecule has 11 heteroatoms. The van der Waals surface area contributed by atoms with Crippen LogP contribution >= 0.6 is 0 Å². The van der Waals surface area contributed by atoms with Gasteiger partial charge in [-0.15, -0.1) is 13.2 Å². The highest BCUT2D eigenvalue weighted by Crippen LogP contribution is 2.30. The third kappa shape index (κ3) is 4.72. The molecule has 164 valence electrons. The Morgan fingerprint density at radius 3 is 2.50 bits per heavy atom. The van der Waals surface area contributed by atoms with E-state index in [1.165, 1.54) is 12.1 Å². The molecule has 4 rings (SSSR count). The molecule has 0 aliphatic rings. The van der Waals surface area contributed by atoms with Crippen molar-refractivity contribution in [2.24, 2.45) is 0 Å².